The zero-order valence-electron chi connectivity index (χ0n) is 14.9. The third kappa shape index (κ3) is 2.75. The average Bonchev–Trinajstić information content (AvgIpc) is 3.46. The first kappa shape index (κ1) is 16.4. The Hall–Kier alpha value is -3.81. The van der Waals surface area contributed by atoms with Crippen LogP contribution in [0.2, 0.25) is 0 Å². The molecule has 0 aliphatic carbocycles. The number of fused-ring (bicyclic) bond motifs is 2. The van der Waals surface area contributed by atoms with Gasteiger partial charge in [-0.25, -0.2) is 4.98 Å². The van der Waals surface area contributed by atoms with Gasteiger partial charge in [-0.05, 0) is 42.8 Å². The van der Waals surface area contributed by atoms with E-state index in [1.165, 1.54) is 0 Å². The van der Waals surface area contributed by atoms with E-state index in [0.29, 0.717) is 51.9 Å². The van der Waals surface area contributed by atoms with Gasteiger partial charge in [0.15, 0.2) is 17.3 Å². The molecule has 4 heterocycles. The number of pyridine rings is 1. The van der Waals surface area contributed by atoms with Crippen LogP contribution in [0.15, 0.2) is 51.6 Å². The van der Waals surface area contributed by atoms with Crippen molar-refractivity contribution in [2.45, 2.75) is 13.5 Å². The van der Waals surface area contributed by atoms with Gasteiger partial charge in [-0.15, -0.1) is 0 Å². The summed E-state index contributed by atoms with van der Waals surface area (Å²) in [6, 6.07) is 10.8. The molecule has 0 saturated heterocycles. The quantitative estimate of drug-likeness (QED) is 0.581. The molecule has 1 aromatic carbocycles. The highest BCUT2D eigenvalue weighted by molar-refractivity contribution is 6.06. The number of aromatic nitrogens is 2. The summed E-state index contributed by atoms with van der Waals surface area (Å²) < 4.78 is 21.4. The van der Waals surface area contributed by atoms with Crippen LogP contribution in [0.5, 0.6) is 11.5 Å². The van der Waals surface area contributed by atoms with Gasteiger partial charge < -0.3 is 23.7 Å². The van der Waals surface area contributed by atoms with E-state index in [1.54, 1.807) is 31.4 Å². The molecule has 0 saturated carbocycles. The summed E-state index contributed by atoms with van der Waals surface area (Å²) in [6.45, 7) is 2.32. The Morgan fingerprint density at radius 1 is 1.18 bits per heavy atom. The summed E-state index contributed by atoms with van der Waals surface area (Å²) in [5.41, 5.74) is 2.72. The fourth-order valence-electron chi connectivity index (χ4n) is 3.15. The molecule has 140 valence electrons. The van der Waals surface area contributed by atoms with Crippen molar-refractivity contribution in [2.24, 2.45) is 0 Å². The normalized spacial score (nSPS) is 12.5. The Bertz CT molecular complexity index is 1180. The molecular formula is C20H15N3O5. The van der Waals surface area contributed by atoms with Crippen molar-refractivity contribution in [2.75, 3.05) is 6.79 Å². The van der Waals surface area contributed by atoms with Crippen LogP contribution in [0.1, 0.15) is 21.6 Å². The number of carbonyl (C=O) groups is 1. The lowest BCUT2D eigenvalue weighted by molar-refractivity contribution is 0.0952. The molecule has 8 nitrogen and oxygen atoms in total. The number of nitrogens with zero attached hydrogens (tertiary/aromatic N) is 2. The number of amides is 1. The Morgan fingerprint density at radius 2 is 2.07 bits per heavy atom. The van der Waals surface area contributed by atoms with Gasteiger partial charge in [0.05, 0.1) is 22.9 Å². The van der Waals surface area contributed by atoms with Crippen LogP contribution in [0.3, 0.4) is 0 Å². The molecule has 3 aromatic heterocycles. The maximum absolute atomic E-state index is 12.9. The third-order valence-corrected chi connectivity index (χ3v) is 4.53. The molecule has 0 bridgehead atoms. The predicted molar refractivity (Wildman–Crippen MR) is 98.0 cm³/mol. The van der Waals surface area contributed by atoms with Gasteiger partial charge in [0.25, 0.3) is 11.6 Å². The zero-order valence-corrected chi connectivity index (χ0v) is 14.9. The number of benzene rings is 1. The molecule has 1 aliphatic rings. The second-order valence-electron chi connectivity index (χ2n) is 6.35. The van der Waals surface area contributed by atoms with Crippen molar-refractivity contribution in [3.05, 3.63) is 59.5 Å². The fourth-order valence-corrected chi connectivity index (χ4v) is 3.15. The van der Waals surface area contributed by atoms with Crippen molar-refractivity contribution in [1.29, 1.82) is 0 Å². The first-order chi connectivity index (χ1) is 13.7. The molecule has 1 amide bonds. The van der Waals surface area contributed by atoms with Gasteiger partial charge in [0, 0.05) is 6.54 Å². The molecule has 28 heavy (non-hydrogen) atoms. The van der Waals surface area contributed by atoms with E-state index in [2.05, 4.69) is 15.5 Å². The van der Waals surface area contributed by atoms with E-state index in [9.17, 15) is 4.79 Å². The molecule has 1 aliphatic heterocycles. The maximum atomic E-state index is 12.9. The second-order valence-corrected chi connectivity index (χ2v) is 6.35. The SMILES string of the molecule is Cc1noc2nc(-c3ccco3)cc(C(=O)NCc3ccc4c(c3)OCO4)c12. The maximum Gasteiger partial charge on any atom is 0.259 e. The number of aryl methyl sites for hydroxylation is 1. The molecule has 1 N–H and O–H groups in total. The van der Waals surface area contributed by atoms with Crippen molar-refractivity contribution in [3.8, 4) is 23.0 Å². The molecule has 0 unspecified atom stereocenters. The van der Waals surface area contributed by atoms with Crippen LogP contribution in [0.25, 0.3) is 22.6 Å². The summed E-state index contributed by atoms with van der Waals surface area (Å²) >= 11 is 0. The molecule has 5 rings (SSSR count). The first-order valence-electron chi connectivity index (χ1n) is 8.66. The van der Waals surface area contributed by atoms with Gasteiger partial charge in [-0.2, -0.15) is 0 Å². The second kappa shape index (κ2) is 6.41. The highest BCUT2D eigenvalue weighted by atomic mass is 16.7. The molecule has 0 radical (unpaired) electrons. The topological polar surface area (TPSA) is 99.6 Å². The average molecular weight is 377 g/mol. The Labute approximate surface area is 159 Å². The lowest BCUT2D eigenvalue weighted by Crippen LogP contribution is -2.23. The minimum Gasteiger partial charge on any atom is -0.463 e. The number of nitrogens with one attached hydrogen (secondary N) is 1. The van der Waals surface area contributed by atoms with Gasteiger partial charge in [-0.3, -0.25) is 4.79 Å². The number of rotatable bonds is 4. The zero-order chi connectivity index (χ0) is 19.1. The van der Waals surface area contributed by atoms with E-state index < -0.39 is 0 Å². The van der Waals surface area contributed by atoms with E-state index in [0.717, 1.165) is 5.56 Å². The molecular weight excluding hydrogens is 362 g/mol. The molecule has 4 aromatic rings. The Balaban J connectivity index is 1.46. The van der Waals surface area contributed by atoms with Crippen LogP contribution < -0.4 is 14.8 Å². The van der Waals surface area contributed by atoms with E-state index in [-0.39, 0.29) is 12.7 Å². The molecule has 0 spiro atoms. The van der Waals surface area contributed by atoms with Gasteiger partial charge >= 0.3 is 0 Å². The van der Waals surface area contributed by atoms with Crippen LogP contribution in [-0.4, -0.2) is 22.8 Å². The lowest BCUT2D eigenvalue weighted by Gasteiger charge is -2.08. The smallest absolute Gasteiger partial charge is 0.259 e. The largest absolute Gasteiger partial charge is 0.463 e. The minimum atomic E-state index is -0.260. The van der Waals surface area contributed by atoms with Crippen LogP contribution in [-0.2, 0) is 6.54 Å². The van der Waals surface area contributed by atoms with Crippen molar-refractivity contribution in [1.82, 2.24) is 15.5 Å². The predicted octanol–water partition coefficient (Wildman–Crippen LogP) is 3.45. The number of hydrogen-bond acceptors (Lipinski definition) is 7. The summed E-state index contributed by atoms with van der Waals surface area (Å²) in [5.74, 6) is 1.66. The van der Waals surface area contributed by atoms with Crippen LogP contribution in [0.4, 0.5) is 0 Å². The highest BCUT2D eigenvalue weighted by Crippen LogP contribution is 2.32. The standard InChI is InChI=1S/C20H15N3O5/c1-11-18-13(8-14(15-3-2-6-25-15)22-20(18)28-23-11)19(24)21-9-12-4-5-16-17(7-12)27-10-26-16/h2-8H,9-10H2,1H3,(H,21,24). The molecule has 0 atom stereocenters. The van der Waals surface area contributed by atoms with Crippen molar-refractivity contribution < 1.29 is 23.2 Å². The minimum absolute atomic E-state index is 0.211. The number of ether oxygens (including phenoxy) is 2. The van der Waals surface area contributed by atoms with E-state index >= 15 is 0 Å². The van der Waals surface area contributed by atoms with E-state index in [1.807, 2.05) is 18.2 Å². The van der Waals surface area contributed by atoms with Crippen LogP contribution in [0, 0.1) is 6.92 Å². The van der Waals surface area contributed by atoms with Crippen molar-refractivity contribution >= 4 is 17.0 Å². The summed E-state index contributed by atoms with van der Waals surface area (Å²) in [4.78, 5) is 17.3. The lowest BCUT2D eigenvalue weighted by atomic mass is 10.1. The first-order valence-corrected chi connectivity index (χ1v) is 8.66. The summed E-state index contributed by atoms with van der Waals surface area (Å²) in [6.07, 6.45) is 1.55. The number of furan rings is 1. The Kier molecular flexibility index (Phi) is 3.75. The highest BCUT2D eigenvalue weighted by Gasteiger charge is 2.20. The summed E-state index contributed by atoms with van der Waals surface area (Å²) in [7, 11) is 0. The number of carbonyl (C=O) groups excluding carboxylic acids is 1. The van der Waals surface area contributed by atoms with Crippen LogP contribution >= 0.6 is 0 Å². The molecule has 8 heteroatoms. The van der Waals surface area contributed by atoms with Gasteiger partial charge in [-0.1, -0.05) is 11.2 Å². The fraction of sp³-hybridized carbons (Fsp3) is 0.150. The number of hydrogen-bond donors (Lipinski definition) is 1. The monoisotopic (exact) mass is 377 g/mol. The van der Waals surface area contributed by atoms with Gasteiger partial charge in [0.2, 0.25) is 6.79 Å². The Morgan fingerprint density at radius 3 is 2.93 bits per heavy atom. The van der Waals surface area contributed by atoms with Gasteiger partial charge in [0.1, 0.15) is 5.69 Å². The molecule has 0 fully saturated rings. The van der Waals surface area contributed by atoms with Crippen molar-refractivity contribution in [3.63, 3.8) is 0 Å². The summed E-state index contributed by atoms with van der Waals surface area (Å²) in [5, 5.41) is 7.45. The third-order valence-electron chi connectivity index (χ3n) is 4.53. The van der Waals surface area contributed by atoms with E-state index in [4.69, 9.17) is 18.4 Å².